The maximum absolute atomic E-state index is 4.80. The zero-order valence-electron chi connectivity index (χ0n) is 11.2. The molecule has 0 radical (unpaired) electrons. The minimum Gasteiger partial charge on any atom is -0.250 e. The molecule has 96 valence electrons. The molecule has 0 unspecified atom stereocenters. The van der Waals surface area contributed by atoms with Crippen molar-refractivity contribution in [2.45, 2.75) is 11.8 Å². The van der Waals surface area contributed by atoms with Crippen LogP contribution in [0.25, 0.3) is 22.3 Å². The summed E-state index contributed by atoms with van der Waals surface area (Å²) in [5, 5.41) is 5.45. The smallest absolute Gasteiger partial charge is 0.159 e. The van der Waals surface area contributed by atoms with E-state index in [4.69, 9.17) is 4.98 Å². The highest BCUT2D eigenvalue weighted by atomic mass is 32.2. The fraction of sp³-hybridized carbons (Fsp3) is 0.200. The molecule has 1 aromatic carbocycles. The topological polar surface area (TPSA) is 30.7 Å². The summed E-state index contributed by atoms with van der Waals surface area (Å²) in [6, 6.07) is 10.3. The number of pyridine rings is 1. The third-order valence-corrected chi connectivity index (χ3v) is 4.25. The van der Waals surface area contributed by atoms with E-state index in [9.17, 15) is 0 Å². The zero-order valence-corrected chi connectivity index (χ0v) is 12.0. The molecule has 3 aromatic rings. The lowest BCUT2D eigenvalue weighted by atomic mass is 10.1. The average molecular weight is 269 g/mol. The van der Waals surface area contributed by atoms with E-state index in [1.807, 2.05) is 36.1 Å². The van der Waals surface area contributed by atoms with Crippen LogP contribution in [0.2, 0.25) is 0 Å². The predicted octanol–water partition coefficient (Wildman–Crippen LogP) is 3.67. The molecule has 19 heavy (non-hydrogen) atoms. The Morgan fingerprint density at radius 1 is 1.16 bits per heavy atom. The van der Waals surface area contributed by atoms with Crippen LogP contribution in [0.3, 0.4) is 0 Å². The molecule has 2 aromatic heterocycles. The van der Waals surface area contributed by atoms with E-state index in [2.05, 4.69) is 30.4 Å². The fourth-order valence-electron chi connectivity index (χ4n) is 2.36. The molecular formula is C15H15N3S. The van der Waals surface area contributed by atoms with Gasteiger partial charge in [-0.1, -0.05) is 30.3 Å². The molecule has 0 bridgehead atoms. The molecule has 3 nitrogen and oxygen atoms in total. The molecule has 0 atom stereocenters. The molecule has 0 aliphatic carbocycles. The van der Waals surface area contributed by atoms with E-state index >= 15 is 0 Å². The van der Waals surface area contributed by atoms with Crippen molar-refractivity contribution < 1.29 is 0 Å². The molecule has 0 amide bonds. The van der Waals surface area contributed by atoms with E-state index in [1.54, 1.807) is 11.8 Å². The SMILES string of the molecule is CSc1c(C)c(-c2ccccc2)nc2c1cnn2C. The molecule has 0 fully saturated rings. The van der Waals surface area contributed by atoms with Crippen molar-refractivity contribution in [2.75, 3.05) is 6.26 Å². The highest BCUT2D eigenvalue weighted by molar-refractivity contribution is 7.98. The first-order valence-corrected chi connectivity index (χ1v) is 7.36. The first-order valence-electron chi connectivity index (χ1n) is 6.14. The van der Waals surface area contributed by atoms with Gasteiger partial charge in [-0.15, -0.1) is 11.8 Å². The monoisotopic (exact) mass is 269 g/mol. The summed E-state index contributed by atoms with van der Waals surface area (Å²) in [7, 11) is 1.93. The van der Waals surface area contributed by atoms with Crippen molar-refractivity contribution in [2.24, 2.45) is 7.05 Å². The normalized spacial score (nSPS) is 11.1. The fourth-order valence-corrected chi connectivity index (χ4v) is 3.13. The number of aromatic nitrogens is 3. The number of benzene rings is 1. The van der Waals surface area contributed by atoms with Gasteiger partial charge in [0.05, 0.1) is 17.3 Å². The first-order chi connectivity index (χ1) is 9.22. The van der Waals surface area contributed by atoms with Crippen LogP contribution in [-0.4, -0.2) is 21.0 Å². The van der Waals surface area contributed by atoms with Crippen molar-refractivity contribution in [3.05, 3.63) is 42.1 Å². The molecule has 2 heterocycles. The van der Waals surface area contributed by atoms with Gasteiger partial charge in [0.1, 0.15) is 0 Å². The molecule has 3 rings (SSSR count). The second-order valence-electron chi connectivity index (χ2n) is 4.49. The molecule has 0 saturated carbocycles. The lowest BCUT2D eigenvalue weighted by molar-refractivity contribution is 0.786. The Morgan fingerprint density at radius 3 is 2.58 bits per heavy atom. The van der Waals surface area contributed by atoms with Gasteiger partial charge < -0.3 is 0 Å². The number of nitrogens with zero attached hydrogens (tertiary/aromatic N) is 3. The zero-order chi connectivity index (χ0) is 13.4. The number of thioether (sulfide) groups is 1. The van der Waals surface area contributed by atoms with Gasteiger partial charge in [0.25, 0.3) is 0 Å². The molecular weight excluding hydrogens is 254 g/mol. The van der Waals surface area contributed by atoms with Crippen LogP contribution in [0.1, 0.15) is 5.56 Å². The van der Waals surface area contributed by atoms with Crippen LogP contribution in [0, 0.1) is 6.92 Å². The second kappa shape index (κ2) is 4.70. The average Bonchev–Trinajstić information content (AvgIpc) is 2.80. The summed E-state index contributed by atoms with van der Waals surface area (Å²) < 4.78 is 1.83. The lowest BCUT2D eigenvalue weighted by Crippen LogP contribution is -1.97. The summed E-state index contributed by atoms with van der Waals surface area (Å²) in [5.74, 6) is 0. The Bertz CT molecular complexity index is 732. The Balaban J connectivity index is 2.37. The summed E-state index contributed by atoms with van der Waals surface area (Å²) in [6.07, 6.45) is 4.00. The van der Waals surface area contributed by atoms with Crippen molar-refractivity contribution in [3.63, 3.8) is 0 Å². The Morgan fingerprint density at radius 2 is 1.89 bits per heavy atom. The minimum absolute atomic E-state index is 0.939. The van der Waals surface area contributed by atoms with Gasteiger partial charge >= 0.3 is 0 Å². The number of fused-ring (bicyclic) bond motifs is 1. The summed E-state index contributed by atoms with van der Waals surface area (Å²) in [5.41, 5.74) is 4.35. The van der Waals surface area contributed by atoms with Crippen LogP contribution in [0.5, 0.6) is 0 Å². The molecule has 0 N–H and O–H groups in total. The van der Waals surface area contributed by atoms with E-state index in [0.717, 1.165) is 22.3 Å². The van der Waals surface area contributed by atoms with Crippen LogP contribution in [0.4, 0.5) is 0 Å². The summed E-state index contributed by atoms with van der Waals surface area (Å²) in [4.78, 5) is 6.06. The number of rotatable bonds is 2. The first kappa shape index (κ1) is 12.2. The van der Waals surface area contributed by atoms with E-state index < -0.39 is 0 Å². The third-order valence-electron chi connectivity index (χ3n) is 3.32. The van der Waals surface area contributed by atoms with Gasteiger partial charge in [-0.2, -0.15) is 5.10 Å². The molecule has 0 aliphatic rings. The van der Waals surface area contributed by atoms with Gasteiger partial charge in [0.15, 0.2) is 5.65 Å². The van der Waals surface area contributed by atoms with Crippen LogP contribution in [0.15, 0.2) is 41.4 Å². The number of hydrogen-bond acceptors (Lipinski definition) is 3. The lowest BCUT2D eigenvalue weighted by Gasteiger charge is -2.11. The van der Waals surface area contributed by atoms with Gasteiger partial charge in [-0.25, -0.2) is 4.98 Å². The number of aryl methyl sites for hydroxylation is 1. The molecule has 0 saturated heterocycles. The van der Waals surface area contributed by atoms with E-state index in [1.165, 1.54) is 10.5 Å². The molecule has 0 spiro atoms. The highest BCUT2D eigenvalue weighted by Crippen LogP contribution is 2.34. The Kier molecular flexibility index (Phi) is 3.03. The third kappa shape index (κ3) is 1.92. The van der Waals surface area contributed by atoms with Crippen LogP contribution < -0.4 is 0 Å². The molecule has 0 aliphatic heterocycles. The van der Waals surface area contributed by atoms with Crippen LogP contribution >= 0.6 is 11.8 Å². The minimum atomic E-state index is 0.939. The standard InChI is InChI=1S/C15H15N3S/c1-10-13(11-7-5-4-6-8-11)17-15-12(14(10)19-3)9-16-18(15)2/h4-9H,1-3H3. The second-order valence-corrected chi connectivity index (χ2v) is 5.31. The van der Waals surface area contributed by atoms with Gasteiger partial charge in [0.2, 0.25) is 0 Å². The van der Waals surface area contributed by atoms with Gasteiger partial charge in [-0.05, 0) is 18.7 Å². The van der Waals surface area contributed by atoms with Crippen molar-refractivity contribution >= 4 is 22.8 Å². The van der Waals surface area contributed by atoms with E-state index in [-0.39, 0.29) is 0 Å². The number of hydrogen-bond donors (Lipinski definition) is 0. The maximum atomic E-state index is 4.80. The summed E-state index contributed by atoms with van der Waals surface area (Å²) >= 11 is 1.75. The van der Waals surface area contributed by atoms with Crippen molar-refractivity contribution in [3.8, 4) is 11.3 Å². The predicted molar refractivity (Wildman–Crippen MR) is 80.5 cm³/mol. The van der Waals surface area contributed by atoms with Gasteiger partial charge in [0, 0.05) is 17.5 Å². The summed E-state index contributed by atoms with van der Waals surface area (Å²) in [6.45, 7) is 2.13. The van der Waals surface area contributed by atoms with Crippen LogP contribution in [-0.2, 0) is 7.05 Å². The highest BCUT2D eigenvalue weighted by Gasteiger charge is 2.14. The quantitative estimate of drug-likeness (QED) is 0.665. The largest absolute Gasteiger partial charge is 0.250 e. The molecule has 4 heteroatoms. The maximum Gasteiger partial charge on any atom is 0.159 e. The van der Waals surface area contributed by atoms with E-state index in [0.29, 0.717) is 0 Å². The van der Waals surface area contributed by atoms with Crippen molar-refractivity contribution in [1.82, 2.24) is 14.8 Å². The van der Waals surface area contributed by atoms with Crippen molar-refractivity contribution in [1.29, 1.82) is 0 Å². The Hall–Kier alpha value is -1.81. The van der Waals surface area contributed by atoms with Gasteiger partial charge in [-0.3, -0.25) is 4.68 Å². The Labute approximate surface area is 116 Å².